The Labute approximate surface area is 116 Å². The molecule has 2 fully saturated rings. The fourth-order valence-corrected chi connectivity index (χ4v) is 3.47. The highest BCUT2D eigenvalue weighted by molar-refractivity contribution is 5.48. The van der Waals surface area contributed by atoms with E-state index in [9.17, 15) is 0 Å². The Balaban J connectivity index is 1.76. The maximum absolute atomic E-state index is 6.11. The molecule has 3 heteroatoms. The van der Waals surface area contributed by atoms with Crippen LogP contribution in [-0.4, -0.2) is 35.6 Å². The highest BCUT2D eigenvalue weighted by Crippen LogP contribution is 2.38. The molecule has 2 unspecified atom stereocenters. The zero-order chi connectivity index (χ0) is 13.5. The third-order valence-electron chi connectivity index (χ3n) is 4.57. The van der Waals surface area contributed by atoms with Crippen LogP contribution in [0.2, 0.25) is 0 Å². The quantitative estimate of drug-likeness (QED) is 0.872. The molecular weight excluding hydrogens is 234 g/mol. The largest absolute Gasteiger partial charge is 0.377 e. The van der Waals surface area contributed by atoms with E-state index in [4.69, 9.17) is 5.73 Å². The van der Waals surface area contributed by atoms with Gasteiger partial charge in [-0.1, -0.05) is 12.1 Å². The number of benzene rings is 1. The smallest absolute Gasteiger partial charge is 0.0637 e. The van der Waals surface area contributed by atoms with Gasteiger partial charge in [0, 0.05) is 30.9 Å². The number of nitrogens with one attached hydrogen (secondary N) is 1. The van der Waals surface area contributed by atoms with Crippen molar-refractivity contribution in [2.24, 2.45) is 5.73 Å². The molecule has 0 radical (unpaired) electrons. The number of nitrogens with zero attached hydrogens (tertiary/aromatic N) is 1. The van der Waals surface area contributed by atoms with Crippen LogP contribution in [0.1, 0.15) is 31.7 Å². The molecular formula is C16H25N3. The Morgan fingerprint density at radius 1 is 1.42 bits per heavy atom. The fraction of sp³-hybridized carbons (Fsp3) is 0.625. The average molecular weight is 259 g/mol. The van der Waals surface area contributed by atoms with Crippen molar-refractivity contribution < 1.29 is 0 Å². The second-order valence-electron chi connectivity index (χ2n) is 6.44. The molecule has 3 N–H and O–H groups in total. The molecule has 1 heterocycles. The van der Waals surface area contributed by atoms with Gasteiger partial charge in [-0.15, -0.1) is 0 Å². The van der Waals surface area contributed by atoms with E-state index < -0.39 is 0 Å². The molecule has 2 atom stereocenters. The van der Waals surface area contributed by atoms with Gasteiger partial charge < -0.3 is 11.1 Å². The lowest BCUT2D eigenvalue weighted by atomic mass is 9.96. The van der Waals surface area contributed by atoms with Crippen LogP contribution in [0.25, 0.3) is 0 Å². The van der Waals surface area contributed by atoms with Crippen molar-refractivity contribution in [2.45, 2.75) is 50.7 Å². The third kappa shape index (κ3) is 2.63. The summed E-state index contributed by atoms with van der Waals surface area (Å²) in [5.74, 6) is 0. The van der Waals surface area contributed by atoms with E-state index in [-0.39, 0.29) is 5.54 Å². The second kappa shape index (κ2) is 4.80. The molecule has 0 aromatic heterocycles. The third-order valence-corrected chi connectivity index (χ3v) is 4.57. The highest BCUT2D eigenvalue weighted by Gasteiger charge is 2.46. The average Bonchev–Trinajstić information content (AvgIpc) is 3.15. The summed E-state index contributed by atoms with van der Waals surface area (Å²) >= 11 is 0. The first-order valence-electron chi connectivity index (χ1n) is 7.42. The van der Waals surface area contributed by atoms with Crippen molar-refractivity contribution in [1.29, 1.82) is 0 Å². The van der Waals surface area contributed by atoms with Gasteiger partial charge in [-0.3, -0.25) is 4.90 Å². The molecule has 1 aliphatic carbocycles. The second-order valence-corrected chi connectivity index (χ2v) is 6.44. The number of rotatable bonds is 4. The minimum Gasteiger partial charge on any atom is -0.377 e. The van der Waals surface area contributed by atoms with Crippen LogP contribution < -0.4 is 11.1 Å². The predicted octanol–water partition coefficient (Wildman–Crippen LogP) is 2.36. The van der Waals surface area contributed by atoms with Crippen LogP contribution in [0.15, 0.2) is 24.3 Å². The molecule has 3 nitrogen and oxygen atoms in total. The minimum atomic E-state index is 0.0514. The number of nitrogens with two attached hydrogens (primary N) is 1. The van der Waals surface area contributed by atoms with E-state index in [1.54, 1.807) is 0 Å². The summed E-state index contributed by atoms with van der Waals surface area (Å²) in [6.07, 6.45) is 3.89. The van der Waals surface area contributed by atoms with Gasteiger partial charge >= 0.3 is 0 Å². The first-order chi connectivity index (χ1) is 9.12. The van der Waals surface area contributed by atoms with E-state index in [0.29, 0.717) is 12.6 Å². The van der Waals surface area contributed by atoms with E-state index in [2.05, 4.69) is 48.3 Å². The van der Waals surface area contributed by atoms with E-state index >= 15 is 0 Å². The van der Waals surface area contributed by atoms with Crippen LogP contribution in [0.5, 0.6) is 0 Å². The van der Waals surface area contributed by atoms with Crippen LogP contribution in [0.3, 0.4) is 0 Å². The van der Waals surface area contributed by atoms with E-state index in [1.807, 2.05) is 0 Å². The monoisotopic (exact) mass is 259 g/mol. The van der Waals surface area contributed by atoms with E-state index in [0.717, 1.165) is 19.0 Å². The van der Waals surface area contributed by atoms with Crippen LogP contribution in [0, 0.1) is 6.92 Å². The fourth-order valence-electron chi connectivity index (χ4n) is 3.47. The van der Waals surface area contributed by atoms with Crippen molar-refractivity contribution in [3.05, 3.63) is 29.8 Å². The van der Waals surface area contributed by atoms with Gasteiger partial charge in [0.2, 0.25) is 0 Å². The molecule has 0 amide bonds. The summed E-state index contributed by atoms with van der Waals surface area (Å²) < 4.78 is 0. The van der Waals surface area contributed by atoms with Gasteiger partial charge in [0.25, 0.3) is 0 Å². The van der Waals surface area contributed by atoms with Crippen molar-refractivity contribution in [2.75, 3.05) is 18.4 Å². The number of hydrogen-bond acceptors (Lipinski definition) is 3. The summed E-state index contributed by atoms with van der Waals surface area (Å²) in [7, 11) is 0. The van der Waals surface area contributed by atoms with Gasteiger partial charge in [0.05, 0.1) is 5.54 Å². The Kier molecular flexibility index (Phi) is 3.27. The highest BCUT2D eigenvalue weighted by atomic mass is 15.3. The molecule has 0 bridgehead atoms. The van der Waals surface area contributed by atoms with E-state index in [1.165, 1.54) is 24.1 Å². The molecule has 1 aromatic carbocycles. The Morgan fingerprint density at radius 3 is 2.84 bits per heavy atom. The number of hydrogen-bond donors (Lipinski definition) is 2. The molecule has 2 aliphatic rings. The van der Waals surface area contributed by atoms with Gasteiger partial charge in [-0.05, 0) is 50.8 Å². The lowest BCUT2D eigenvalue weighted by Gasteiger charge is -2.30. The molecule has 0 spiro atoms. The van der Waals surface area contributed by atoms with Crippen LogP contribution in [-0.2, 0) is 0 Å². The summed E-state index contributed by atoms with van der Waals surface area (Å²) in [5.41, 5.74) is 8.66. The predicted molar refractivity (Wildman–Crippen MR) is 80.4 cm³/mol. The molecule has 1 saturated heterocycles. The van der Waals surface area contributed by atoms with Gasteiger partial charge in [-0.25, -0.2) is 0 Å². The number of likely N-dealkylation sites (tertiary alicyclic amines) is 1. The molecule has 19 heavy (non-hydrogen) atoms. The molecule has 3 rings (SSSR count). The summed E-state index contributed by atoms with van der Waals surface area (Å²) in [4.78, 5) is 2.65. The Morgan fingerprint density at radius 2 is 2.21 bits per heavy atom. The van der Waals surface area contributed by atoms with Crippen molar-refractivity contribution >= 4 is 5.69 Å². The van der Waals surface area contributed by atoms with Crippen molar-refractivity contribution in [1.82, 2.24) is 4.90 Å². The lowest BCUT2D eigenvalue weighted by Crippen LogP contribution is -2.48. The SMILES string of the molecule is Cc1cccc(NC2(CN)CC(C)N(C3CC3)C2)c1. The maximum atomic E-state index is 6.11. The summed E-state index contributed by atoms with van der Waals surface area (Å²) in [5, 5.41) is 3.72. The van der Waals surface area contributed by atoms with Gasteiger partial charge in [-0.2, -0.15) is 0 Å². The van der Waals surface area contributed by atoms with Crippen molar-refractivity contribution in [3.8, 4) is 0 Å². The minimum absolute atomic E-state index is 0.0514. The first-order valence-corrected chi connectivity index (χ1v) is 7.42. The maximum Gasteiger partial charge on any atom is 0.0637 e. The topological polar surface area (TPSA) is 41.3 Å². The summed E-state index contributed by atoms with van der Waals surface area (Å²) in [6, 6.07) is 10.1. The zero-order valence-corrected chi connectivity index (χ0v) is 12.0. The summed E-state index contributed by atoms with van der Waals surface area (Å²) in [6.45, 7) is 6.26. The first kappa shape index (κ1) is 12.9. The van der Waals surface area contributed by atoms with Crippen LogP contribution >= 0.6 is 0 Å². The Bertz CT molecular complexity index is 455. The number of aryl methyl sites for hydroxylation is 1. The number of anilines is 1. The van der Waals surface area contributed by atoms with Gasteiger partial charge in [0.15, 0.2) is 0 Å². The zero-order valence-electron chi connectivity index (χ0n) is 12.0. The standard InChI is InChI=1S/C16H25N3/c1-12-4-3-5-14(8-12)18-16(10-17)9-13(2)19(11-16)15-6-7-15/h3-5,8,13,15,18H,6-7,9-11,17H2,1-2H3. The lowest BCUT2D eigenvalue weighted by molar-refractivity contribution is 0.252. The molecule has 1 aliphatic heterocycles. The van der Waals surface area contributed by atoms with Gasteiger partial charge in [0.1, 0.15) is 0 Å². The van der Waals surface area contributed by atoms with Crippen molar-refractivity contribution in [3.63, 3.8) is 0 Å². The Hall–Kier alpha value is -1.06. The molecule has 1 saturated carbocycles. The van der Waals surface area contributed by atoms with Crippen LogP contribution in [0.4, 0.5) is 5.69 Å². The molecule has 1 aromatic rings. The normalized spacial score (nSPS) is 31.6. The molecule has 104 valence electrons.